The Hall–Kier alpha value is -1.34. The summed E-state index contributed by atoms with van der Waals surface area (Å²) in [7, 11) is 0. The molecule has 0 radical (unpaired) electrons. The Morgan fingerprint density at radius 2 is 2.29 bits per heavy atom. The lowest BCUT2D eigenvalue weighted by molar-refractivity contribution is -0.145. The second-order valence-corrected chi connectivity index (χ2v) is 6.31. The Bertz CT molecular complexity index is 518. The lowest BCUT2D eigenvalue weighted by Crippen LogP contribution is -2.54. The summed E-state index contributed by atoms with van der Waals surface area (Å²) in [6.07, 6.45) is 3.27. The van der Waals surface area contributed by atoms with Gasteiger partial charge in [-0.3, -0.25) is 14.9 Å². The van der Waals surface area contributed by atoms with E-state index in [4.69, 9.17) is 0 Å². The van der Waals surface area contributed by atoms with E-state index in [0.29, 0.717) is 23.8 Å². The van der Waals surface area contributed by atoms with Crippen LogP contribution in [0.4, 0.5) is 0 Å². The number of aromatic amines is 1. The van der Waals surface area contributed by atoms with Gasteiger partial charge >= 0.3 is 5.97 Å². The van der Waals surface area contributed by atoms with E-state index in [-0.39, 0.29) is 11.6 Å². The molecule has 0 fully saturated rings. The molecule has 0 aromatic carbocycles. The van der Waals surface area contributed by atoms with E-state index in [0.717, 1.165) is 6.42 Å². The highest BCUT2D eigenvalue weighted by Gasteiger charge is 2.36. The van der Waals surface area contributed by atoms with E-state index in [9.17, 15) is 14.7 Å². The van der Waals surface area contributed by atoms with Gasteiger partial charge in [-0.05, 0) is 33.1 Å². The van der Waals surface area contributed by atoms with Gasteiger partial charge in [0.05, 0.1) is 0 Å². The highest BCUT2D eigenvalue weighted by molar-refractivity contribution is 7.99. The van der Waals surface area contributed by atoms with E-state index in [1.54, 1.807) is 0 Å². The van der Waals surface area contributed by atoms with Crippen LogP contribution in [-0.4, -0.2) is 38.4 Å². The first-order valence-corrected chi connectivity index (χ1v) is 8.07. The van der Waals surface area contributed by atoms with Crippen molar-refractivity contribution in [2.45, 2.75) is 56.8 Å². The Morgan fingerprint density at radius 3 is 2.81 bits per heavy atom. The molecular formula is C14H23N3O3S. The molecule has 1 aromatic heterocycles. The maximum atomic E-state index is 11.6. The molecule has 0 aliphatic carbocycles. The predicted molar refractivity (Wildman–Crippen MR) is 83.7 cm³/mol. The minimum atomic E-state index is -0.883. The van der Waals surface area contributed by atoms with Crippen molar-refractivity contribution in [2.75, 3.05) is 5.75 Å². The van der Waals surface area contributed by atoms with Crippen molar-refractivity contribution in [2.24, 2.45) is 0 Å². The van der Waals surface area contributed by atoms with Gasteiger partial charge in [-0.25, -0.2) is 4.98 Å². The fraction of sp³-hybridized carbons (Fsp3) is 0.643. The first-order valence-electron chi connectivity index (χ1n) is 7.09. The topological polar surface area (TPSA) is 95.1 Å². The summed E-state index contributed by atoms with van der Waals surface area (Å²) in [6.45, 7) is 5.77. The molecule has 0 aliphatic heterocycles. The number of rotatable bonds is 9. The zero-order valence-corrected chi connectivity index (χ0v) is 13.5. The summed E-state index contributed by atoms with van der Waals surface area (Å²) in [5.41, 5.74) is -1.06. The third kappa shape index (κ3) is 5.51. The number of thioether (sulfide) groups is 1. The number of nitrogens with one attached hydrogen (secondary N) is 2. The number of carbonyl (C=O) groups is 1. The van der Waals surface area contributed by atoms with Gasteiger partial charge < -0.3 is 10.1 Å². The lowest BCUT2D eigenvalue weighted by Gasteiger charge is -2.31. The third-order valence-corrected chi connectivity index (χ3v) is 4.19. The minimum absolute atomic E-state index is 0.112. The Balaban J connectivity index is 2.54. The number of carboxylic acid groups (broad SMARTS) is 1. The normalized spacial score (nSPS) is 14.1. The molecule has 0 spiro atoms. The monoisotopic (exact) mass is 313 g/mol. The van der Waals surface area contributed by atoms with Gasteiger partial charge in [0.2, 0.25) is 0 Å². The van der Waals surface area contributed by atoms with Crippen molar-refractivity contribution < 1.29 is 9.90 Å². The standard InChI is InChI=1S/C14H23N3O3S/c1-4-14(12(19)20,17-10(2)3)7-5-9-21-13-15-8-6-11(18)16-13/h6,8,10,17H,4-5,7,9H2,1-3H3,(H,19,20)(H,15,16,18). The molecule has 7 heteroatoms. The van der Waals surface area contributed by atoms with Gasteiger partial charge in [0.15, 0.2) is 5.16 Å². The highest BCUT2D eigenvalue weighted by Crippen LogP contribution is 2.22. The molecule has 1 atom stereocenters. The van der Waals surface area contributed by atoms with Gasteiger partial charge in [-0.15, -0.1) is 0 Å². The number of nitrogens with zero attached hydrogens (tertiary/aromatic N) is 1. The Kier molecular flexibility index (Phi) is 6.91. The van der Waals surface area contributed by atoms with Crippen LogP contribution in [0.2, 0.25) is 0 Å². The molecule has 1 unspecified atom stereocenters. The fourth-order valence-electron chi connectivity index (χ4n) is 2.19. The van der Waals surface area contributed by atoms with Crippen molar-refractivity contribution in [1.82, 2.24) is 15.3 Å². The summed E-state index contributed by atoms with van der Waals surface area (Å²) >= 11 is 1.43. The first kappa shape index (κ1) is 17.7. The highest BCUT2D eigenvalue weighted by atomic mass is 32.2. The van der Waals surface area contributed by atoms with Crippen LogP contribution in [0.1, 0.15) is 40.0 Å². The molecule has 0 bridgehead atoms. The van der Waals surface area contributed by atoms with E-state index in [2.05, 4.69) is 15.3 Å². The molecular weight excluding hydrogens is 290 g/mol. The number of aliphatic carboxylic acids is 1. The van der Waals surface area contributed by atoms with Crippen molar-refractivity contribution in [3.63, 3.8) is 0 Å². The summed E-state index contributed by atoms with van der Waals surface area (Å²) in [5.74, 6) is -0.100. The van der Waals surface area contributed by atoms with Crippen LogP contribution in [0, 0.1) is 0 Å². The zero-order chi connectivity index (χ0) is 15.9. The fourth-order valence-corrected chi connectivity index (χ4v) is 2.98. The smallest absolute Gasteiger partial charge is 0.323 e. The van der Waals surface area contributed by atoms with E-state index >= 15 is 0 Å². The molecule has 1 rings (SSSR count). The number of hydrogen-bond donors (Lipinski definition) is 3. The summed E-state index contributed by atoms with van der Waals surface area (Å²) in [6, 6.07) is 1.48. The molecule has 0 saturated carbocycles. The summed E-state index contributed by atoms with van der Waals surface area (Å²) < 4.78 is 0. The van der Waals surface area contributed by atoms with Crippen LogP contribution in [0.25, 0.3) is 0 Å². The maximum Gasteiger partial charge on any atom is 0.323 e. The zero-order valence-electron chi connectivity index (χ0n) is 12.7. The van der Waals surface area contributed by atoms with E-state index in [1.165, 1.54) is 24.0 Å². The average Bonchev–Trinajstić information content (AvgIpc) is 2.41. The van der Waals surface area contributed by atoms with Crippen molar-refractivity contribution in [3.05, 3.63) is 22.6 Å². The number of aromatic nitrogens is 2. The molecule has 1 heterocycles. The van der Waals surface area contributed by atoms with E-state index in [1.807, 2.05) is 20.8 Å². The number of H-pyrrole nitrogens is 1. The third-order valence-electron chi connectivity index (χ3n) is 3.21. The number of carboxylic acids is 1. The average molecular weight is 313 g/mol. The van der Waals surface area contributed by atoms with Gasteiger partial charge in [-0.2, -0.15) is 0 Å². The second-order valence-electron chi connectivity index (χ2n) is 5.23. The van der Waals surface area contributed by atoms with Gasteiger partial charge in [-0.1, -0.05) is 18.7 Å². The van der Waals surface area contributed by atoms with Gasteiger partial charge in [0, 0.05) is 24.1 Å². The van der Waals surface area contributed by atoms with Crippen molar-refractivity contribution in [3.8, 4) is 0 Å². The predicted octanol–water partition coefficient (Wildman–Crippen LogP) is 1.87. The molecule has 0 aliphatic rings. The minimum Gasteiger partial charge on any atom is -0.480 e. The van der Waals surface area contributed by atoms with Crippen molar-refractivity contribution >= 4 is 17.7 Å². The first-order chi connectivity index (χ1) is 9.89. The quantitative estimate of drug-likeness (QED) is 0.366. The lowest BCUT2D eigenvalue weighted by atomic mass is 9.90. The molecule has 21 heavy (non-hydrogen) atoms. The number of hydrogen-bond acceptors (Lipinski definition) is 5. The van der Waals surface area contributed by atoms with Crippen LogP contribution in [0.15, 0.2) is 22.2 Å². The van der Waals surface area contributed by atoms with Crippen molar-refractivity contribution in [1.29, 1.82) is 0 Å². The van der Waals surface area contributed by atoms with Crippen LogP contribution in [0.5, 0.6) is 0 Å². The molecule has 3 N–H and O–H groups in total. The maximum absolute atomic E-state index is 11.6. The molecule has 0 amide bonds. The van der Waals surface area contributed by atoms with Crippen LogP contribution < -0.4 is 10.9 Å². The molecule has 0 saturated heterocycles. The van der Waals surface area contributed by atoms with Gasteiger partial charge in [0.1, 0.15) is 5.54 Å². The molecule has 1 aromatic rings. The van der Waals surface area contributed by atoms with Crippen LogP contribution in [-0.2, 0) is 4.79 Å². The van der Waals surface area contributed by atoms with Crippen LogP contribution in [0.3, 0.4) is 0 Å². The molecule has 6 nitrogen and oxygen atoms in total. The van der Waals surface area contributed by atoms with Gasteiger partial charge in [0.25, 0.3) is 5.56 Å². The summed E-state index contributed by atoms with van der Waals surface area (Å²) in [4.78, 5) is 29.4. The van der Waals surface area contributed by atoms with E-state index < -0.39 is 11.5 Å². The second kappa shape index (κ2) is 8.19. The SMILES string of the molecule is CCC(CCCSc1nccc(=O)[nH]1)(NC(C)C)C(=O)O. The Labute approximate surface area is 128 Å². The largest absolute Gasteiger partial charge is 0.480 e. The summed E-state index contributed by atoms with van der Waals surface area (Å²) in [5, 5.41) is 13.2. The molecule has 118 valence electrons. The Morgan fingerprint density at radius 1 is 1.57 bits per heavy atom. The van der Waals surface area contributed by atoms with Crippen LogP contribution >= 0.6 is 11.8 Å².